The summed E-state index contributed by atoms with van der Waals surface area (Å²) in [6.07, 6.45) is 1.54. The maximum atomic E-state index is 11.9. The van der Waals surface area contributed by atoms with E-state index in [9.17, 15) is 4.79 Å². The van der Waals surface area contributed by atoms with Crippen LogP contribution in [-0.2, 0) is 11.4 Å². The molecule has 0 aliphatic heterocycles. The van der Waals surface area contributed by atoms with Crippen LogP contribution in [0.2, 0.25) is 10.0 Å². The second-order valence-corrected chi connectivity index (χ2v) is 6.92. The van der Waals surface area contributed by atoms with Gasteiger partial charge in [-0.25, -0.2) is 5.43 Å². The zero-order valence-corrected chi connectivity index (χ0v) is 17.0. The van der Waals surface area contributed by atoms with Crippen molar-refractivity contribution in [3.63, 3.8) is 0 Å². The molecule has 5 nitrogen and oxygen atoms in total. The number of hydrazone groups is 1. The van der Waals surface area contributed by atoms with Crippen LogP contribution in [0.15, 0.2) is 77.9 Å². The fourth-order valence-electron chi connectivity index (χ4n) is 2.46. The van der Waals surface area contributed by atoms with Crippen LogP contribution in [0.5, 0.6) is 5.75 Å². The Hall–Kier alpha value is -3.02. The van der Waals surface area contributed by atoms with E-state index in [0.717, 1.165) is 16.8 Å². The first kappa shape index (κ1) is 20.7. The van der Waals surface area contributed by atoms with Gasteiger partial charge in [0.15, 0.2) is 0 Å². The average Bonchev–Trinajstić information content (AvgIpc) is 2.73. The van der Waals surface area contributed by atoms with Crippen LogP contribution in [0.1, 0.15) is 11.1 Å². The molecule has 0 aliphatic rings. The molecule has 0 radical (unpaired) electrons. The zero-order chi connectivity index (χ0) is 20.5. The first-order chi connectivity index (χ1) is 14.1. The molecule has 148 valence electrons. The fourth-order valence-corrected chi connectivity index (χ4v) is 2.93. The molecule has 0 saturated carbocycles. The molecule has 3 rings (SSSR count). The van der Waals surface area contributed by atoms with Gasteiger partial charge in [0.25, 0.3) is 5.91 Å². The second kappa shape index (κ2) is 10.5. The van der Waals surface area contributed by atoms with Gasteiger partial charge in [0.05, 0.1) is 12.8 Å². The predicted octanol–water partition coefficient (Wildman–Crippen LogP) is 5.13. The van der Waals surface area contributed by atoms with Crippen molar-refractivity contribution in [2.45, 2.75) is 6.61 Å². The molecule has 0 heterocycles. The number of halogens is 2. The normalized spacial score (nSPS) is 10.7. The Morgan fingerprint density at radius 2 is 1.76 bits per heavy atom. The fraction of sp³-hybridized carbons (Fsp3) is 0.0909. The number of hydrogen-bond acceptors (Lipinski definition) is 4. The van der Waals surface area contributed by atoms with E-state index < -0.39 is 0 Å². The summed E-state index contributed by atoms with van der Waals surface area (Å²) in [5, 5.41) is 8.15. The Labute approximate surface area is 179 Å². The quantitative estimate of drug-likeness (QED) is 0.386. The van der Waals surface area contributed by atoms with E-state index in [0.29, 0.717) is 15.8 Å². The third-order valence-electron chi connectivity index (χ3n) is 3.94. The molecule has 0 bridgehead atoms. The van der Waals surface area contributed by atoms with Crippen LogP contribution in [0.3, 0.4) is 0 Å². The van der Waals surface area contributed by atoms with Gasteiger partial charge in [-0.05, 0) is 36.4 Å². The smallest absolute Gasteiger partial charge is 0.259 e. The molecule has 0 fully saturated rings. The molecule has 3 aromatic carbocycles. The highest BCUT2D eigenvalue weighted by Crippen LogP contribution is 2.23. The van der Waals surface area contributed by atoms with Crippen molar-refractivity contribution in [3.8, 4) is 5.75 Å². The van der Waals surface area contributed by atoms with Crippen molar-refractivity contribution in [1.29, 1.82) is 0 Å². The number of hydrogen-bond donors (Lipinski definition) is 2. The highest BCUT2D eigenvalue weighted by molar-refractivity contribution is 6.35. The summed E-state index contributed by atoms with van der Waals surface area (Å²) in [4.78, 5) is 11.9. The van der Waals surface area contributed by atoms with Crippen LogP contribution in [0.4, 0.5) is 5.69 Å². The number of carbonyl (C=O) groups excluding carboxylic acids is 1. The lowest BCUT2D eigenvalue weighted by Gasteiger charge is -2.10. The van der Waals surface area contributed by atoms with Crippen LogP contribution in [0, 0.1) is 0 Å². The molecule has 0 aromatic heterocycles. The number of carbonyl (C=O) groups is 1. The number of ether oxygens (including phenoxy) is 1. The number of para-hydroxylation sites is 2. The van der Waals surface area contributed by atoms with Gasteiger partial charge in [-0.1, -0.05) is 59.6 Å². The lowest BCUT2D eigenvalue weighted by atomic mass is 10.2. The lowest BCUT2D eigenvalue weighted by Crippen LogP contribution is -2.25. The summed E-state index contributed by atoms with van der Waals surface area (Å²) >= 11 is 12.1. The Morgan fingerprint density at radius 1 is 1.00 bits per heavy atom. The van der Waals surface area contributed by atoms with Crippen molar-refractivity contribution in [2.75, 3.05) is 11.9 Å². The number of nitrogens with one attached hydrogen (secondary N) is 2. The van der Waals surface area contributed by atoms with Gasteiger partial charge in [-0.3, -0.25) is 4.79 Å². The molecule has 29 heavy (non-hydrogen) atoms. The largest absolute Gasteiger partial charge is 0.488 e. The van der Waals surface area contributed by atoms with Crippen molar-refractivity contribution >= 4 is 41.0 Å². The second-order valence-electron chi connectivity index (χ2n) is 6.07. The first-order valence-corrected chi connectivity index (χ1v) is 9.64. The maximum Gasteiger partial charge on any atom is 0.259 e. The first-order valence-electron chi connectivity index (χ1n) is 8.88. The minimum atomic E-state index is -0.253. The number of amides is 1. The number of nitrogens with zero attached hydrogens (tertiary/aromatic N) is 1. The standard InChI is InChI=1S/C22H19Cl2N3O2/c23-18-11-10-17(20(24)12-18)15-29-21-9-5-4-6-16(21)13-26-27-22(28)14-25-19-7-2-1-3-8-19/h1-13,25H,14-15H2,(H,27,28)/b26-13-. The minimum absolute atomic E-state index is 0.120. The van der Waals surface area contributed by atoms with Crippen LogP contribution in [-0.4, -0.2) is 18.7 Å². The Balaban J connectivity index is 1.54. The third kappa shape index (κ3) is 6.52. The van der Waals surface area contributed by atoms with Crippen LogP contribution >= 0.6 is 23.2 Å². The zero-order valence-electron chi connectivity index (χ0n) is 15.4. The molecular formula is C22H19Cl2N3O2. The van der Waals surface area contributed by atoms with Gasteiger partial charge in [-0.2, -0.15) is 5.10 Å². The summed E-state index contributed by atoms with van der Waals surface area (Å²) in [6.45, 7) is 0.406. The molecule has 0 aliphatic carbocycles. The SMILES string of the molecule is O=C(CNc1ccccc1)N/N=C\c1ccccc1OCc1ccc(Cl)cc1Cl. The van der Waals surface area contributed by atoms with Gasteiger partial charge in [0, 0.05) is 26.9 Å². The van der Waals surface area contributed by atoms with Crippen molar-refractivity contribution in [2.24, 2.45) is 5.10 Å². The van der Waals surface area contributed by atoms with Crippen LogP contribution < -0.4 is 15.5 Å². The number of anilines is 1. The highest BCUT2D eigenvalue weighted by atomic mass is 35.5. The molecule has 2 N–H and O–H groups in total. The monoisotopic (exact) mass is 427 g/mol. The summed E-state index contributed by atoms with van der Waals surface area (Å²) in [5.74, 6) is 0.371. The van der Waals surface area contributed by atoms with Crippen molar-refractivity contribution < 1.29 is 9.53 Å². The average molecular weight is 428 g/mol. The van der Waals surface area contributed by atoms with Gasteiger partial charge < -0.3 is 10.1 Å². The Bertz CT molecular complexity index is 994. The van der Waals surface area contributed by atoms with Gasteiger partial charge in [0.1, 0.15) is 12.4 Å². The molecule has 0 unspecified atom stereocenters. The molecule has 7 heteroatoms. The van der Waals surface area contributed by atoms with E-state index >= 15 is 0 Å². The Kier molecular flexibility index (Phi) is 7.50. The molecule has 0 atom stereocenters. The predicted molar refractivity (Wildman–Crippen MR) is 118 cm³/mol. The topological polar surface area (TPSA) is 62.7 Å². The van der Waals surface area contributed by atoms with Crippen LogP contribution in [0.25, 0.3) is 0 Å². The molecule has 0 spiro atoms. The summed E-state index contributed by atoms with van der Waals surface area (Å²) in [7, 11) is 0. The maximum absolute atomic E-state index is 11.9. The van der Waals surface area contributed by atoms with E-state index in [4.69, 9.17) is 27.9 Å². The van der Waals surface area contributed by atoms with Crippen molar-refractivity contribution in [3.05, 3.63) is 94.0 Å². The summed E-state index contributed by atoms with van der Waals surface area (Å²) in [6, 6.07) is 22.1. The van der Waals surface area contributed by atoms with E-state index in [-0.39, 0.29) is 19.1 Å². The molecule has 1 amide bonds. The van der Waals surface area contributed by atoms with E-state index in [1.54, 1.807) is 18.3 Å². The van der Waals surface area contributed by atoms with Crippen molar-refractivity contribution in [1.82, 2.24) is 5.43 Å². The summed E-state index contributed by atoms with van der Waals surface area (Å²) in [5.41, 5.74) is 4.91. The van der Waals surface area contributed by atoms with E-state index in [1.807, 2.05) is 60.7 Å². The minimum Gasteiger partial charge on any atom is -0.488 e. The summed E-state index contributed by atoms with van der Waals surface area (Å²) < 4.78 is 5.86. The van der Waals surface area contributed by atoms with Gasteiger partial charge in [-0.15, -0.1) is 0 Å². The number of rotatable bonds is 8. The molecule has 0 saturated heterocycles. The van der Waals surface area contributed by atoms with E-state index in [1.165, 1.54) is 0 Å². The lowest BCUT2D eigenvalue weighted by molar-refractivity contribution is -0.119. The van der Waals surface area contributed by atoms with Gasteiger partial charge >= 0.3 is 0 Å². The number of benzene rings is 3. The molecule has 3 aromatic rings. The van der Waals surface area contributed by atoms with E-state index in [2.05, 4.69) is 15.8 Å². The molecular weight excluding hydrogens is 409 g/mol. The Morgan fingerprint density at radius 3 is 2.55 bits per heavy atom. The van der Waals surface area contributed by atoms with Gasteiger partial charge in [0.2, 0.25) is 0 Å². The highest BCUT2D eigenvalue weighted by Gasteiger charge is 2.05. The third-order valence-corrected chi connectivity index (χ3v) is 4.52.